The summed E-state index contributed by atoms with van der Waals surface area (Å²) in [5.74, 6) is -3.14. The maximum atomic E-state index is 14.3. The van der Waals surface area contributed by atoms with Gasteiger partial charge in [-0.1, -0.05) is 25.1 Å². The molecule has 4 heterocycles. The summed E-state index contributed by atoms with van der Waals surface area (Å²) >= 11 is 0. The number of amides is 1. The van der Waals surface area contributed by atoms with Gasteiger partial charge < -0.3 is 10.6 Å². The molecule has 0 unspecified atom stereocenters. The van der Waals surface area contributed by atoms with Crippen molar-refractivity contribution in [3.05, 3.63) is 59.3 Å². The number of hydrogen-bond acceptors (Lipinski definition) is 6. The standard InChI is InChI=1S/C24H20F5N7O/c1-3-8-30-18-16-19(34-22(37)23(16,2)24(27,28)29)33-20(32-18)17-14-9-13(25)10-31-21(14)36(35-17)11-12-6-4-5-7-15(12)26/h4-7,9-10H,3,8,11H2,1-2H3,(H2,30,32,33,34,37)/t23-/m1/s1. The molecule has 0 fully saturated rings. The molecule has 3 aromatic heterocycles. The molecule has 2 N–H and O–H groups in total. The molecule has 13 heteroatoms. The molecule has 37 heavy (non-hydrogen) atoms. The third-order valence-electron chi connectivity index (χ3n) is 6.25. The number of aromatic nitrogens is 5. The topological polar surface area (TPSA) is 97.6 Å². The predicted octanol–water partition coefficient (Wildman–Crippen LogP) is 4.81. The van der Waals surface area contributed by atoms with E-state index in [2.05, 4.69) is 30.7 Å². The fraction of sp³-hybridized carbons (Fsp3) is 0.292. The number of halogens is 5. The summed E-state index contributed by atoms with van der Waals surface area (Å²) in [6.45, 7) is 2.79. The molecular weight excluding hydrogens is 497 g/mol. The molecule has 1 aliphatic heterocycles. The number of rotatable bonds is 6. The molecule has 0 radical (unpaired) electrons. The lowest BCUT2D eigenvalue weighted by Crippen LogP contribution is -2.45. The van der Waals surface area contributed by atoms with Crippen LogP contribution in [0.15, 0.2) is 36.5 Å². The average Bonchev–Trinajstić information content (AvgIpc) is 3.33. The summed E-state index contributed by atoms with van der Waals surface area (Å²) in [5.41, 5.74) is -2.82. The van der Waals surface area contributed by atoms with Gasteiger partial charge in [-0.25, -0.2) is 28.4 Å². The Labute approximate surface area is 206 Å². The van der Waals surface area contributed by atoms with Gasteiger partial charge in [-0.05, 0) is 25.5 Å². The quantitative estimate of drug-likeness (QED) is 0.357. The van der Waals surface area contributed by atoms with Gasteiger partial charge in [-0.2, -0.15) is 18.3 Å². The molecule has 0 saturated heterocycles. The highest BCUT2D eigenvalue weighted by Crippen LogP contribution is 2.50. The van der Waals surface area contributed by atoms with Crippen molar-refractivity contribution in [3.63, 3.8) is 0 Å². The smallest absolute Gasteiger partial charge is 0.370 e. The summed E-state index contributed by atoms with van der Waals surface area (Å²) in [5, 5.41) is 9.65. The third-order valence-corrected chi connectivity index (χ3v) is 6.25. The fourth-order valence-corrected chi connectivity index (χ4v) is 4.22. The van der Waals surface area contributed by atoms with Gasteiger partial charge in [0.25, 0.3) is 0 Å². The lowest BCUT2D eigenvalue weighted by molar-refractivity contribution is -0.186. The molecular formula is C24H20F5N7O. The van der Waals surface area contributed by atoms with E-state index in [0.29, 0.717) is 6.42 Å². The number of carbonyl (C=O) groups is 1. The van der Waals surface area contributed by atoms with E-state index in [4.69, 9.17) is 0 Å². The highest BCUT2D eigenvalue weighted by atomic mass is 19.4. The zero-order chi connectivity index (χ0) is 26.5. The van der Waals surface area contributed by atoms with Crippen molar-refractivity contribution in [1.82, 2.24) is 24.7 Å². The number of carbonyl (C=O) groups excluding carboxylic acids is 1. The Hall–Kier alpha value is -4.16. The van der Waals surface area contributed by atoms with Gasteiger partial charge >= 0.3 is 6.18 Å². The number of anilines is 2. The molecule has 5 rings (SSSR count). The maximum absolute atomic E-state index is 14.3. The Morgan fingerprint density at radius 3 is 2.62 bits per heavy atom. The Bertz CT molecular complexity index is 1530. The first-order valence-corrected chi connectivity index (χ1v) is 11.3. The second-order valence-electron chi connectivity index (χ2n) is 8.75. The molecule has 1 amide bonds. The van der Waals surface area contributed by atoms with Gasteiger partial charge in [0.05, 0.1) is 23.7 Å². The van der Waals surface area contributed by atoms with Crippen LogP contribution in [0.3, 0.4) is 0 Å². The highest BCUT2D eigenvalue weighted by molar-refractivity contribution is 6.07. The van der Waals surface area contributed by atoms with Gasteiger partial charge in [0.1, 0.15) is 29.0 Å². The summed E-state index contributed by atoms with van der Waals surface area (Å²) in [6, 6.07) is 7.15. The molecule has 8 nitrogen and oxygen atoms in total. The Morgan fingerprint density at radius 2 is 1.92 bits per heavy atom. The van der Waals surface area contributed by atoms with E-state index < -0.39 is 34.7 Å². The second kappa shape index (κ2) is 8.75. The van der Waals surface area contributed by atoms with E-state index in [9.17, 15) is 26.7 Å². The number of nitrogens with zero attached hydrogens (tertiary/aromatic N) is 5. The maximum Gasteiger partial charge on any atom is 0.407 e. The van der Waals surface area contributed by atoms with Gasteiger partial charge in [0.2, 0.25) is 5.91 Å². The first-order valence-electron chi connectivity index (χ1n) is 11.3. The lowest BCUT2D eigenvalue weighted by Gasteiger charge is -2.26. The molecule has 1 aliphatic rings. The minimum atomic E-state index is -4.92. The molecule has 0 aliphatic carbocycles. The molecule has 0 saturated carbocycles. The molecule has 192 valence electrons. The Balaban J connectivity index is 1.71. The number of hydrogen-bond donors (Lipinski definition) is 2. The van der Waals surface area contributed by atoms with E-state index in [1.54, 1.807) is 12.1 Å². The van der Waals surface area contributed by atoms with E-state index in [-0.39, 0.29) is 52.8 Å². The van der Waals surface area contributed by atoms with Crippen LogP contribution in [0.1, 0.15) is 31.4 Å². The van der Waals surface area contributed by atoms with E-state index in [1.165, 1.54) is 16.8 Å². The van der Waals surface area contributed by atoms with Gasteiger partial charge in [-0.15, -0.1) is 0 Å². The van der Waals surface area contributed by atoms with Crippen molar-refractivity contribution in [1.29, 1.82) is 0 Å². The molecule has 1 aromatic carbocycles. The van der Waals surface area contributed by atoms with Crippen LogP contribution < -0.4 is 10.6 Å². The van der Waals surface area contributed by atoms with E-state index >= 15 is 0 Å². The predicted molar refractivity (Wildman–Crippen MR) is 125 cm³/mol. The zero-order valence-corrected chi connectivity index (χ0v) is 19.6. The van der Waals surface area contributed by atoms with Crippen LogP contribution >= 0.6 is 0 Å². The van der Waals surface area contributed by atoms with Crippen LogP contribution in [-0.2, 0) is 16.8 Å². The normalized spacial score (nSPS) is 17.2. The zero-order valence-electron chi connectivity index (χ0n) is 19.6. The molecule has 4 aromatic rings. The van der Waals surface area contributed by atoms with Crippen LogP contribution in [0, 0.1) is 11.6 Å². The first-order chi connectivity index (χ1) is 17.5. The van der Waals surface area contributed by atoms with Crippen molar-refractivity contribution in [2.24, 2.45) is 0 Å². The molecule has 0 bridgehead atoms. The second-order valence-corrected chi connectivity index (χ2v) is 8.75. The lowest BCUT2D eigenvalue weighted by atomic mass is 9.83. The minimum absolute atomic E-state index is 0.00977. The number of benzene rings is 1. The van der Waals surface area contributed by atoms with Crippen LogP contribution in [0.2, 0.25) is 0 Å². The summed E-state index contributed by atoms with van der Waals surface area (Å²) in [7, 11) is 0. The van der Waals surface area contributed by atoms with Gasteiger partial charge in [-0.3, -0.25) is 4.79 Å². The Morgan fingerprint density at radius 1 is 1.16 bits per heavy atom. The van der Waals surface area contributed by atoms with Crippen LogP contribution in [-0.4, -0.2) is 43.4 Å². The fourth-order valence-electron chi connectivity index (χ4n) is 4.22. The van der Waals surface area contributed by atoms with E-state index in [1.807, 2.05) is 6.92 Å². The minimum Gasteiger partial charge on any atom is -0.370 e. The first kappa shape index (κ1) is 24.5. The average molecular weight is 517 g/mol. The van der Waals surface area contributed by atoms with Crippen LogP contribution in [0.5, 0.6) is 0 Å². The van der Waals surface area contributed by atoms with Gasteiger partial charge in [0, 0.05) is 12.1 Å². The highest BCUT2D eigenvalue weighted by Gasteiger charge is 2.63. The third kappa shape index (κ3) is 3.94. The van der Waals surface area contributed by atoms with Crippen LogP contribution in [0.4, 0.5) is 33.6 Å². The van der Waals surface area contributed by atoms with Crippen molar-refractivity contribution < 1.29 is 26.7 Å². The van der Waals surface area contributed by atoms with Crippen molar-refractivity contribution in [2.75, 3.05) is 17.2 Å². The van der Waals surface area contributed by atoms with E-state index in [0.717, 1.165) is 19.2 Å². The number of pyridine rings is 1. The summed E-state index contributed by atoms with van der Waals surface area (Å²) in [4.78, 5) is 25.1. The van der Waals surface area contributed by atoms with Crippen molar-refractivity contribution in [3.8, 4) is 11.5 Å². The van der Waals surface area contributed by atoms with Crippen LogP contribution in [0.25, 0.3) is 22.6 Å². The van der Waals surface area contributed by atoms with Gasteiger partial charge in [0.15, 0.2) is 16.9 Å². The number of fused-ring (bicyclic) bond motifs is 2. The number of alkyl halides is 3. The number of nitrogens with one attached hydrogen (secondary N) is 2. The Kier molecular flexibility index (Phi) is 5.80. The summed E-state index contributed by atoms with van der Waals surface area (Å²) in [6.07, 6.45) is -3.39. The van der Waals surface area contributed by atoms with Crippen molar-refractivity contribution in [2.45, 2.75) is 38.4 Å². The largest absolute Gasteiger partial charge is 0.407 e. The monoisotopic (exact) mass is 517 g/mol. The SMILES string of the molecule is CCCNc1nc(-c2nn(Cc3ccccc3F)c3ncc(F)cc23)nc2c1[C@@](C)(C(F)(F)F)C(=O)N2. The molecule has 0 spiro atoms. The molecule has 1 atom stereocenters. The summed E-state index contributed by atoms with van der Waals surface area (Å²) < 4.78 is 72.0. The van der Waals surface area contributed by atoms with Crippen molar-refractivity contribution >= 4 is 28.6 Å².